The van der Waals surface area contributed by atoms with E-state index in [2.05, 4.69) is 4.98 Å². The number of carboxylic acid groups (broad SMARTS) is 1. The second kappa shape index (κ2) is 8.43. The first-order chi connectivity index (χ1) is 13.5. The molecule has 1 aromatic heterocycles. The van der Waals surface area contributed by atoms with Crippen LogP contribution in [-0.4, -0.2) is 39.3 Å². The predicted octanol–water partition coefficient (Wildman–Crippen LogP) is 3.13. The van der Waals surface area contributed by atoms with E-state index in [0.717, 1.165) is 5.56 Å². The van der Waals surface area contributed by atoms with Crippen LogP contribution in [0.3, 0.4) is 0 Å². The monoisotopic (exact) mass is 376 g/mol. The van der Waals surface area contributed by atoms with Crippen molar-refractivity contribution in [3.8, 4) is 0 Å². The van der Waals surface area contributed by atoms with Gasteiger partial charge in [0.05, 0.1) is 11.6 Å². The van der Waals surface area contributed by atoms with E-state index < -0.39 is 11.9 Å². The number of carbonyl (C=O) groups is 3. The number of amides is 2. The topological polar surface area (TPSA) is 87.6 Å². The van der Waals surface area contributed by atoms with Gasteiger partial charge in [0.15, 0.2) is 0 Å². The molecule has 1 saturated heterocycles. The number of hydrogen-bond donors (Lipinski definition) is 1. The Bertz CT molecular complexity index is 946. The first kappa shape index (κ1) is 19.2. The number of benzene rings is 1. The van der Waals surface area contributed by atoms with E-state index in [9.17, 15) is 14.4 Å². The quantitative estimate of drug-likeness (QED) is 0.810. The van der Waals surface area contributed by atoms with Gasteiger partial charge in [0.2, 0.25) is 0 Å². The fourth-order valence-electron chi connectivity index (χ4n) is 2.90. The highest BCUT2D eigenvalue weighted by atomic mass is 16.4. The van der Waals surface area contributed by atoms with E-state index in [0.29, 0.717) is 29.8 Å². The van der Waals surface area contributed by atoms with Crippen LogP contribution >= 0.6 is 0 Å². The molecule has 2 aromatic rings. The van der Waals surface area contributed by atoms with Crippen LogP contribution in [0, 0.1) is 0 Å². The molecule has 0 aliphatic carbocycles. The average molecular weight is 376 g/mol. The van der Waals surface area contributed by atoms with Gasteiger partial charge >= 0.3 is 5.97 Å². The normalized spacial score (nSPS) is 16.7. The second-order valence-electron chi connectivity index (χ2n) is 6.53. The molecule has 6 heteroatoms. The Hall–Kier alpha value is -3.54. The summed E-state index contributed by atoms with van der Waals surface area (Å²) in [6, 6.07) is 12.4. The molecule has 0 bridgehead atoms. The summed E-state index contributed by atoms with van der Waals surface area (Å²) >= 11 is 0. The van der Waals surface area contributed by atoms with Crippen LogP contribution in [-0.2, 0) is 14.4 Å². The molecule has 1 atom stereocenters. The lowest BCUT2D eigenvalue weighted by atomic mass is 9.99. The van der Waals surface area contributed by atoms with Crippen LogP contribution in [0.1, 0.15) is 36.1 Å². The van der Waals surface area contributed by atoms with Gasteiger partial charge in [0.1, 0.15) is 0 Å². The molecule has 28 heavy (non-hydrogen) atoms. The summed E-state index contributed by atoms with van der Waals surface area (Å²) in [5.41, 5.74) is 2.69. The maximum atomic E-state index is 12.5. The third-order valence-electron chi connectivity index (χ3n) is 4.62. The number of rotatable bonds is 5. The number of carbonyl (C=O) groups excluding carboxylic acids is 2. The molecule has 0 saturated carbocycles. The number of aliphatic carboxylic acids is 1. The van der Waals surface area contributed by atoms with Crippen LogP contribution in [0.25, 0.3) is 12.2 Å². The molecular formula is C22H20N2O4. The number of imide groups is 1. The Morgan fingerprint density at radius 3 is 2.57 bits per heavy atom. The van der Waals surface area contributed by atoms with E-state index >= 15 is 0 Å². The maximum Gasteiger partial charge on any atom is 0.310 e. The Kier molecular flexibility index (Phi) is 5.79. The fraction of sp³-hybridized carbons (Fsp3) is 0.182. The third kappa shape index (κ3) is 4.40. The smallest absolute Gasteiger partial charge is 0.310 e. The average Bonchev–Trinajstić information content (AvgIpc) is 3.07. The largest absolute Gasteiger partial charge is 0.481 e. The summed E-state index contributed by atoms with van der Waals surface area (Å²) in [5.74, 6) is -2.15. The Morgan fingerprint density at radius 2 is 1.93 bits per heavy atom. The molecule has 0 spiro atoms. The van der Waals surface area contributed by atoms with Gasteiger partial charge in [-0.1, -0.05) is 30.3 Å². The highest BCUT2D eigenvalue weighted by Gasteiger charge is 2.29. The summed E-state index contributed by atoms with van der Waals surface area (Å²) in [6.07, 6.45) is 6.79. The molecule has 2 amide bonds. The van der Waals surface area contributed by atoms with Gasteiger partial charge in [-0.25, -0.2) is 0 Å². The second-order valence-corrected chi connectivity index (χ2v) is 6.53. The lowest BCUT2D eigenvalue weighted by molar-refractivity contribution is -0.139. The molecule has 1 unspecified atom stereocenters. The van der Waals surface area contributed by atoms with Crippen molar-refractivity contribution in [1.82, 2.24) is 9.88 Å². The molecule has 1 aliphatic heterocycles. The van der Waals surface area contributed by atoms with Gasteiger partial charge in [0.25, 0.3) is 11.8 Å². The minimum Gasteiger partial charge on any atom is -0.481 e. The Labute approximate surface area is 162 Å². The number of carboxylic acids is 1. The SMILES string of the molecule is CC(C(=O)O)c1ccc(/C=C2\CCN(C(=O)/C=C/c3ccccn3)C2=O)cc1. The van der Waals surface area contributed by atoms with Crippen molar-refractivity contribution < 1.29 is 19.5 Å². The number of nitrogens with zero attached hydrogens (tertiary/aromatic N) is 2. The Balaban J connectivity index is 1.68. The van der Waals surface area contributed by atoms with Gasteiger partial charge in [-0.2, -0.15) is 0 Å². The molecule has 0 radical (unpaired) electrons. The molecule has 1 N–H and O–H groups in total. The number of aromatic nitrogens is 1. The molecule has 1 fully saturated rings. The van der Waals surface area contributed by atoms with Crippen LogP contribution in [0.5, 0.6) is 0 Å². The fourth-order valence-corrected chi connectivity index (χ4v) is 2.90. The highest BCUT2D eigenvalue weighted by molar-refractivity contribution is 6.12. The van der Waals surface area contributed by atoms with Gasteiger partial charge in [-0.3, -0.25) is 24.3 Å². The highest BCUT2D eigenvalue weighted by Crippen LogP contribution is 2.22. The summed E-state index contributed by atoms with van der Waals surface area (Å²) < 4.78 is 0. The van der Waals surface area contributed by atoms with Crippen LogP contribution in [0.4, 0.5) is 0 Å². The van der Waals surface area contributed by atoms with Crippen molar-refractivity contribution in [2.45, 2.75) is 19.3 Å². The zero-order valence-electron chi connectivity index (χ0n) is 15.4. The standard InChI is InChI=1S/C22H20N2O4/c1-15(22(27)28)17-7-5-16(6-8-17)14-18-11-13-24(21(18)26)20(25)10-9-19-4-2-3-12-23-19/h2-10,12,14-15H,11,13H2,1H3,(H,27,28)/b10-9+,18-14+. The van der Waals surface area contributed by atoms with Crippen molar-refractivity contribution in [1.29, 1.82) is 0 Å². The Morgan fingerprint density at radius 1 is 1.18 bits per heavy atom. The first-order valence-corrected chi connectivity index (χ1v) is 8.94. The lowest BCUT2D eigenvalue weighted by Gasteiger charge is -2.10. The van der Waals surface area contributed by atoms with Crippen LogP contribution < -0.4 is 0 Å². The van der Waals surface area contributed by atoms with Crippen LogP contribution in [0.15, 0.2) is 60.3 Å². The van der Waals surface area contributed by atoms with Gasteiger partial charge < -0.3 is 5.11 Å². The van der Waals surface area contributed by atoms with Crippen molar-refractivity contribution in [3.63, 3.8) is 0 Å². The minimum atomic E-state index is -0.884. The van der Waals surface area contributed by atoms with Gasteiger partial charge in [0, 0.05) is 24.4 Å². The molecule has 3 rings (SSSR count). The van der Waals surface area contributed by atoms with Gasteiger partial charge in [-0.15, -0.1) is 0 Å². The number of pyridine rings is 1. The van der Waals surface area contributed by atoms with E-state index in [1.165, 1.54) is 11.0 Å². The number of hydrogen-bond acceptors (Lipinski definition) is 4. The lowest BCUT2D eigenvalue weighted by Crippen LogP contribution is -2.30. The summed E-state index contributed by atoms with van der Waals surface area (Å²) in [7, 11) is 0. The van der Waals surface area contributed by atoms with E-state index in [1.807, 2.05) is 6.07 Å². The van der Waals surface area contributed by atoms with E-state index in [1.54, 1.807) is 61.7 Å². The summed E-state index contributed by atoms with van der Waals surface area (Å²) in [5, 5.41) is 9.06. The van der Waals surface area contributed by atoms with E-state index in [4.69, 9.17) is 5.11 Å². The predicted molar refractivity (Wildman–Crippen MR) is 105 cm³/mol. The third-order valence-corrected chi connectivity index (χ3v) is 4.62. The molecule has 1 aliphatic rings. The maximum absolute atomic E-state index is 12.5. The zero-order valence-corrected chi connectivity index (χ0v) is 15.4. The molecule has 142 valence electrons. The molecule has 6 nitrogen and oxygen atoms in total. The van der Waals surface area contributed by atoms with Crippen LogP contribution in [0.2, 0.25) is 0 Å². The van der Waals surface area contributed by atoms with Crippen molar-refractivity contribution in [2.24, 2.45) is 0 Å². The molecular weight excluding hydrogens is 356 g/mol. The van der Waals surface area contributed by atoms with Crippen molar-refractivity contribution >= 4 is 29.9 Å². The minimum absolute atomic E-state index is 0.307. The van der Waals surface area contributed by atoms with Crippen molar-refractivity contribution in [2.75, 3.05) is 6.54 Å². The number of likely N-dealkylation sites (tertiary alicyclic amines) is 1. The van der Waals surface area contributed by atoms with E-state index in [-0.39, 0.29) is 11.8 Å². The molecule has 1 aromatic carbocycles. The van der Waals surface area contributed by atoms with Crippen molar-refractivity contribution in [3.05, 3.63) is 77.1 Å². The molecule has 2 heterocycles. The summed E-state index contributed by atoms with van der Waals surface area (Å²) in [4.78, 5) is 41.2. The summed E-state index contributed by atoms with van der Waals surface area (Å²) in [6.45, 7) is 1.96. The van der Waals surface area contributed by atoms with Gasteiger partial charge in [-0.05, 0) is 48.8 Å². The zero-order chi connectivity index (χ0) is 20.1. The first-order valence-electron chi connectivity index (χ1n) is 8.94.